The van der Waals surface area contributed by atoms with Gasteiger partial charge in [0.25, 0.3) is 0 Å². The van der Waals surface area contributed by atoms with Crippen LogP contribution < -0.4 is 9.64 Å². The molecule has 112 valence electrons. The highest BCUT2D eigenvalue weighted by Gasteiger charge is 2.15. The zero-order valence-corrected chi connectivity index (χ0v) is 12.8. The van der Waals surface area contributed by atoms with Crippen LogP contribution in [0.5, 0.6) is 5.75 Å². The molecule has 0 saturated carbocycles. The summed E-state index contributed by atoms with van der Waals surface area (Å²) in [6.07, 6.45) is 0. The summed E-state index contributed by atoms with van der Waals surface area (Å²) in [4.78, 5) is 12.5. The first-order valence-electron chi connectivity index (χ1n) is 6.14. The molecule has 2 rings (SSSR count). The van der Waals surface area contributed by atoms with Gasteiger partial charge in [-0.1, -0.05) is 17.8 Å². The summed E-state index contributed by atoms with van der Waals surface area (Å²) in [7, 11) is 5.28. The maximum absolute atomic E-state index is 10.6. The minimum atomic E-state index is -0.884. The van der Waals surface area contributed by atoms with Crippen LogP contribution in [0.1, 0.15) is 0 Å². The Kier molecular flexibility index (Phi) is 4.69. The van der Waals surface area contributed by atoms with Crippen LogP contribution in [-0.4, -0.2) is 45.8 Å². The summed E-state index contributed by atoms with van der Waals surface area (Å²) in [5.74, 6) is 0.443. The van der Waals surface area contributed by atoms with Gasteiger partial charge in [-0.2, -0.15) is 0 Å². The van der Waals surface area contributed by atoms with Crippen LogP contribution in [0.25, 0.3) is 0 Å². The molecular formula is C13H16N4O3S. The smallest absolute Gasteiger partial charge is 0.313 e. The van der Waals surface area contributed by atoms with Gasteiger partial charge >= 0.3 is 5.97 Å². The van der Waals surface area contributed by atoms with E-state index in [1.54, 1.807) is 18.7 Å². The Morgan fingerprint density at radius 1 is 1.48 bits per heavy atom. The van der Waals surface area contributed by atoms with E-state index in [9.17, 15) is 4.79 Å². The summed E-state index contributed by atoms with van der Waals surface area (Å²) in [6, 6.07) is 7.57. The van der Waals surface area contributed by atoms with E-state index in [1.807, 2.05) is 36.2 Å². The van der Waals surface area contributed by atoms with Crippen LogP contribution in [0.15, 0.2) is 29.4 Å². The minimum absolute atomic E-state index is 0.0468. The molecule has 0 unspecified atom stereocenters. The zero-order valence-electron chi connectivity index (χ0n) is 12.0. The molecule has 8 heteroatoms. The molecule has 7 nitrogen and oxygen atoms in total. The van der Waals surface area contributed by atoms with Crippen molar-refractivity contribution in [1.82, 2.24) is 14.8 Å². The number of anilines is 2. The lowest BCUT2D eigenvalue weighted by atomic mass is 10.3. The average Bonchev–Trinajstić information content (AvgIpc) is 2.85. The highest BCUT2D eigenvalue weighted by molar-refractivity contribution is 7.99. The second kappa shape index (κ2) is 6.49. The molecule has 0 amide bonds. The molecule has 0 saturated heterocycles. The van der Waals surface area contributed by atoms with Gasteiger partial charge in [0.1, 0.15) is 5.75 Å². The van der Waals surface area contributed by atoms with Gasteiger partial charge < -0.3 is 14.7 Å². The van der Waals surface area contributed by atoms with Crippen molar-refractivity contribution in [1.29, 1.82) is 0 Å². The quantitative estimate of drug-likeness (QED) is 0.814. The lowest BCUT2D eigenvalue weighted by Crippen LogP contribution is -2.14. The van der Waals surface area contributed by atoms with E-state index in [0.29, 0.717) is 11.1 Å². The van der Waals surface area contributed by atoms with E-state index in [-0.39, 0.29) is 5.75 Å². The summed E-state index contributed by atoms with van der Waals surface area (Å²) < 4.78 is 6.96. The van der Waals surface area contributed by atoms with Crippen molar-refractivity contribution in [3.63, 3.8) is 0 Å². The first-order valence-corrected chi connectivity index (χ1v) is 7.13. The van der Waals surface area contributed by atoms with Crippen LogP contribution in [0, 0.1) is 0 Å². The van der Waals surface area contributed by atoms with E-state index in [1.165, 1.54) is 0 Å². The topological polar surface area (TPSA) is 80.5 Å². The number of methoxy groups -OCH3 is 1. The number of nitrogens with zero attached hydrogens (tertiary/aromatic N) is 4. The fraction of sp³-hybridized carbons (Fsp3) is 0.308. The van der Waals surface area contributed by atoms with Gasteiger partial charge in [0, 0.05) is 25.8 Å². The Hall–Kier alpha value is -2.22. The van der Waals surface area contributed by atoms with Crippen molar-refractivity contribution in [3.8, 4) is 5.75 Å². The number of hydrogen-bond acceptors (Lipinski definition) is 6. The molecule has 2 aromatic rings. The molecule has 1 heterocycles. The van der Waals surface area contributed by atoms with E-state index in [2.05, 4.69) is 10.2 Å². The molecule has 0 radical (unpaired) electrons. The Morgan fingerprint density at radius 3 is 2.90 bits per heavy atom. The van der Waals surface area contributed by atoms with Crippen molar-refractivity contribution in [2.24, 2.45) is 7.05 Å². The van der Waals surface area contributed by atoms with Gasteiger partial charge in [-0.3, -0.25) is 9.36 Å². The van der Waals surface area contributed by atoms with Crippen LogP contribution in [-0.2, 0) is 11.8 Å². The molecule has 0 aliphatic heterocycles. The SMILES string of the molecule is COc1cccc(N(C)c2nnc(SCC(=O)O)n2C)c1. The fourth-order valence-corrected chi connectivity index (χ4v) is 2.41. The van der Waals surface area contributed by atoms with E-state index in [0.717, 1.165) is 23.2 Å². The maximum atomic E-state index is 10.6. The minimum Gasteiger partial charge on any atom is -0.497 e. The number of carboxylic acids is 1. The molecule has 1 N–H and O–H groups in total. The lowest BCUT2D eigenvalue weighted by Gasteiger charge is -2.18. The Morgan fingerprint density at radius 2 is 2.24 bits per heavy atom. The summed E-state index contributed by atoms with van der Waals surface area (Å²) >= 11 is 1.13. The Balaban J connectivity index is 2.22. The average molecular weight is 308 g/mol. The molecule has 0 bridgehead atoms. The van der Waals surface area contributed by atoms with Gasteiger partial charge in [-0.05, 0) is 12.1 Å². The van der Waals surface area contributed by atoms with Crippen LogP contribution >= 0.6 is 11.8 Å². The number of thioether (sulfide) groups is 1. The molecule has 0 spiro atoms. The second-order valence-electron chi connectivity index (χ2n) is 4.28. The van der Waals surface area contributed by atoms with Crippen LogP contribution in [0.2, 0.25) is 0 Å². The first-order chi connectivity index (χ1) is 10.0. The molecule has 1 aromatic heterocycles. The maximum Gasteiger partial charge on any atom is 0.313 e. The summed E-state index contributed by atoms with van der Waals surface area (Å²) in [6.45, 7) is 0. The third-order valence-corrected chi connectivity index (χ3v) is 3.88. The van der Waals surface area contributed by atoms with Crippen molar-refractivity contribution < 1.29 is 14.6 Å². The second-order valence-corrected chi connectivity index (χ2v) is 5.23. The third kappa shape index (κ3) is 3.46. The van der Waals surface area contributed by atoms with Crippen LogP contribution in [0.4, 0.5) is 11.6 Å². The van der Waals surface area contributed by atoms with Crippen LogP contribution in [0.3, 0.4) is 0 Å². The number of aromatic nitrogens is 3. The van der Waals surface area contributed by atoms with Gasteiger partial charge in [0.2, 0.25) is 5.95 Å². The van der Waals surface area contributed by atoms with Crippen molar-refractivity contribution in [3.05, 3.63) is 24.3 Å². The van der Waals surface area contributed by atoms with Crippen molar-refractivity contribution >= 4 is 29.4 Å². The number of ether oxygens (including phenoxy) is 1. The Bertz CT molecular complexity index is 644. The molecule has 0 fully saturated rings. The number of aliphatic carboxylic acids is 1. The van der Waals surface area contributed by atoms with Gasteiger partial charge in [0.05, 0.1) is 12.9 Å². The number of carbonyl (C=O) groups is 1. The molecule has 1 aromatic carbocycles. The summed E-state index contributed by atoms with van der Waals surface area (Å²) in [5.41, 5.74) is 0.902. The highest BCUT2D eigenvalue weighted by Crippen LogP contribution is 2.27. The standard InChI is InChI=1S/C13H16N4O3S/c1-16(9-5-4-6-10(7-9)20-3)12-14-15-13(17(12)2)21-8-11(18)19/h4-7H,8H2,1-3H3,(H,18,19). The fourth-order valence-electron chi connectivity index (χ4n) is 1.79. The monoisotopic (exact) mass is 308 g/mol. The number of rotatable bonds is 6. The largest absolute Gasteiger partial charge is 0.497 e. The molecule has 0 aliphatic carbocycles. The van der Waals surface area contributed by atoms with E-state index < -0.39 is 5.97 Å². The lowest BCUT2D eigenvalue weighted by molar-refractivity contribution is -0.133. The molecule has 0 atom stereocenters. The summed E-state index contributed by atoms with van der Waals surface area (Å²) in [5, 5.41) is 17.4. The number of carboxylic acid groups (broad SMARTS) is 1. The van der Waals surface area contributed by atoms with Gasteiger partial charge in [-0.25, -0.2) is 0 Å². The zero-order chi connectivity index (χ0) is 15.4. The van der Waals surface area contributed by atoms with E-state index in [4.69, 9.17) is 9.84 Å². The number of hydrogen-bond donors (Lipinski definition) is 1. The van der Waals surface area contributed by atoms with Crippen molar-refractivity contribution in [2.45, 2.75) is 5.16 Å². The first kappa shape index (κ1) is 15.2. The number of benzene rings is 1. The Labute approximate surface area is 126 Å². The van der Waals surface area contributed by atoms with E-state index >= 15 is 0 Å². The normalized spacial score (nSPS) is 10.4. The highest BCUT2D eigenvalue weighted by atomic mass is 32.2. The van der Waals surface area contributed by atoms with Gasteiger partial charge in [-0.15, -0.1) is 10.2 Å². The molecule has 0 aliphatic rings. The molecule has 21 heavy (non-hydrogen) atoms. The predicted molar refractivity (Wildman–Crippen MR) is 80.4 cm³/mol. The van der Waals surface area contributed by atoms with Gasteiger partial charge in [0.15, 0.2) is 5.16 Å². The predicted octanol–water partition coefficient (Wildman–Crippen LogP) is 1.77. The van der Waals surface area contributed by atoms with Crippen molar-refractivity contribution in [2.75, 3.05) is 24.8 Å². The molecular weight excluding hydrogens is 292 g/mol. The third-order valence-electron chi connectivity index (χ3n) is 2.88.